The van der Waals surface area contributed by atoms with Gasteiger partial charge in [-0.25, -0.2) is 0 Å². The van der Waals surface area contributed by atoms with Crippen molar-refractivity contribution >= 4 is 5.97 Å². The molecule has 0 aromatic carbocycles. The quantitative estimate of drug-likeness (QED) is 0.550. The van der Waals surface area contributed by atoms with E-state index in [1.54, 1.807) is 0 Å². The largest absolute Gasteiger partial charge is 0.503 e. The molecule has 1 aromatic rings. The molecule has 1 heterocycles. The number of hydrogen-bond donors (Lipinski definition) is 4. The molecule has 0 radical (unpaired) electrons. The lowest BCUT2D eigenvalue weighted by Gasteiger charge is -2.05. The summed E-state index contributed by atoms with van der Waals surface area (Å²) in [7, 11) is 0. The second kappa shape index (κ2) is 5.29. The summed E-state index contributed by atoms with van der Waals surface area (Å²) in [5.74, 6) is -1.75. The van der Waals surface area contributed by atoms with Gasteiger partial charge in [0.2, 0.25) is 5.88 Å². The van der Waals surface area contributed by atoms with Crippen molar-refractivity contribution < 1.29 is 25.2 Å². The summed E-state index contributed by atoms with van der Waals surface area (Å²) in [4.78, 5) is 10.2. The van der Waals surface area contributed by atoms with E-state index in [4.69, 9.17) is 10.2 Å². The number of carboxylic acid groups (broad SMARTS) is 1. The van der Waals surface area contributed by atoms with Gasteiger partial charge in [0, 0.05) is 19.0 Å². The lowest BCUT2D eigenvalue weighted by molar-refractivity contribution is -0.137. The predicted octanol–water partition coefficient (Wildman–Crippen LogP) is 1.25. The Morgan fingerprint density at radius 1 is 1.19 bits per heavy atom. The van der Waals surface area contributed by atoms with Crippen molar-refractivity contribution in [2.45, 2.75) is 32.2 Å². The molecule has 0 bridgehead atoms. The molecule has 1 aromatic heterocycles. The first kappa shape index (κ1) is 12.2. The highest BCUT2D eigenvalue weighted by molar-refractivity contribution is 5.66. The third kappa shape index (κ3) is 3.08. The molecule has 0 amide bonds. The Morgan fingerprint density at radius 2 is 1.88 bits per heavy atom. The van der Waals surface area contributed by atoms with Crippen molar-refractivity contribution in [3.05, 3.63) is 6.07 Å². The summed E-state index contributed by atoms with van der Waals surface area (Å²) >= 11 is 0. The zero-order valence-electron chi connectivity index (χ0n) is 8.76. The Morgan fingerprint density at radius 3 is 2.38 bits per heavy atom. The van der Waals surface area contributed by atoms with E-state index in [0.29, 0.717) is 25.8 Å². The van der Waals surface area contributed by atoms with Gasteiger partial charge in [-0.1, -0.05) is 6.42 Å². The average Bonchev–Trinajstić information content (AvgIpc) is 2.43. The van der Waals surface area contributed by atoms with Crippen molar-refractivity contribution in [1.29, 1.82) is 0 Å². The third-order valence-corrected chi connectivity index (χ3v) is 2.30. The second-order valence-electron chi connectivity index (χ2n) is 3.57. The van der Waals surface area contributed by atoms with E-state index in [0.717, 1.165) is 6.07 Å². The van der Waals surface area contributed by atoms with Crippen LogP contribution in [-0.4, -0.2) is 31.0 Å². The molecule has 90 valence electrons. The highest BCUT2D eigenvalue weighted by atomic mass is 16.4. The number of carboxylic acids is 1. The van der Waals surface area contributed by atoms with Crippen LogP contribution in [0.1, 0.15) is 25.7 Å². The van der Waals surface area contributed by atoms with Crippen molar-refractivity contribution in [3.8, 4) is 17.5 Å². The van der Waals surface area contributed by atoms with Crippen LogP contribution in [0.15, 0.2) is 6.07 Å². The topological polar surface area (TPSA) is 103 Å². The van der Waals surface area contributed by atoms with Gasteiger partial charge >= 0.3 is 5.97 Å². The third-order valence-electron chi connectivity index (χ3n) is 2.30. The summed E-state index contributed by atoms with van der Waals surface area (Å²) in [6, 6.07) is 1.06. The van der Waals surface area contributed by atoms with Gasteiger partial charge in [0.25, 0.3) is 0 Å². The smallest absolute Gasteiger partial charge is 0.303 e. The van der Waals surface area contributed by atoms with Crippen LogP contribution in [0.5, 0.6) is 17.5 Å². The Balaban J connectivity index is 2.34. The van der Waals surface area contributed by atoms with Gasteiger partial charge in [-0.15, -0.1) is 0 Å². The van der Waals surface area contributed by atoms with Crippen molar-refractivity contribution in [2.24, 2.45) is 0 Å². The van der Waals surface area contributed by atoms with Crippen LogP contribution in [0.2, 0.25) is 0 Å². The molecule has 0 atom stereocenters. The number of aromatic hydroxyl groups is 3. The van der Waals surface area contributed by atoms with Gasteiger partial charge in [0.15, 0.2) is 11.6 Å². The zero-order valence-corrected chi connectivity index (χ0v) is 8.76. The lowest BCUT2D eigenvalue weighted by Crippen LogP contribution is -1.98. The van der Waals surface area contributed by atoms with Gasteiger partial charge in [0.05, 0.1) is 0 Å². The minimum atomic E-state index is -0.829. The summed E-state index contributed by atoms with van der Waals surface area (Å²) in [6.07, 6.45) is 1.99. The van der Waals surface area contributed by atoms with E-state index in [1.807, 2.05) is 0 Å². The number of unbranched alkanes of at least 4 members (excludes halogenated alkanes) is 2. The number of aliphatic carboxylic acids is 1. The SMILES string of the molecule is O=C(O)CCCCCn1c(O)cc(O)c1O. The van der Waals surface area contributed by atoms with Crippen LogP contribution in [0.4, 0.5) is 0 Å². The van der Waals surface area contributed by atoms with Gasteiger partial charge in [0.1, 0.15) is 0 Å². The van der Waals surface area contributed by atoms with E-state index in [-0.39, 0.29) is 23.9 Å². The van der Waals surface area contributed by atoms with E-state index in [2.05, 4.69) is 0 Å². The van der Waals surface area contributed by atoms with Crippen LogP contribution in [0.3, 0.4) is 0 Å². The van der Waals surface area contributed by atoms with E-state index < -0.39 is 5.97 Å². The molecule has 0 fully saturated rings. The number of aromatic nitrogens is 1. The molecule has 0 saturated heterocycles. The zero-order chi connectivity index (χ0) is 12.1. The highest BCUT2D eigenvalue weighted by Gasteiger charge is 2.11. The molecule has 0 saturated carbocycles. The Kier molecular flexibility index (Phi) is 4.04. The first-order valence-corrected chi connectivity index (χ1v) is 5.04. The Hall–Kier alpha value is -1.85. The fourth-order valence-corrected chi connectivity index (χ4v) is 1.45. The van der Waals surface area contributed by atoms with Gasteiger partial charge < -0.3 is 20.4 Å². The molecule has 16 heavy (non-hydrogen) atoms. The number of nitrogens with zero attached hydrogens (tertiary/aromatic N) is 1. The van der Waals surface area contributed by atoms with E-state index >= 15 is 0 Å². The molecular weight excluding hydrogens is 214 g/mol. The minimum Gasteiger partial charge on any atom is -0.503 e. The fourth-order valence-electron chi connectivity index (χ4n) is 1.45. The van der Waals surface area contributed by atoms with Crippen LogP contribution in [-0.2, 0) is 11.3 Å². The summed E-state index contributed by atoms with van der Waals surface area (Å²) in [5, 5.41) is 36.1. The molecule has 4 N–H and O–H groups in total. The lowest BCUT2D eigenvalue weighted by atomic mass is 10.2. The maximum absolute atomic E-state index is 10.2. The summed E-state index contributed by atoms with van der Waals surface area (Å²) in [5.41, 5.74) is 0. The predicted molar refractivity (Wildman–Crippen MR) is 55.5 cm³/mol. The summed E-state index contributed by atoms with van der Waals surface area (Å²) < 4.78 is 1.18. The summed E-state index contributed by atoms with van der Waals surface area (Å²) in [6.45, 7) is 0.345. The minimum absolute atomic E-state index is 0.120. The first-order chi connectivity index (χ1) is 7.52. The van der Waals surface area contributed by atoms with Crippen LogP contribution in [0, 0.1) is 0 Å². The number of carbonyl (C=O) groups is 1. The average molecular weight is 229 g/mol. The van der Waals surface area contributed by atoms with Gasteiger partial charge in [-0.05, 0) is 12.8 Å². The van der Waals surface area contributed by atoms with Gasteiger partial charge in [-0.2, -0.15) is 0 Å². The standard InChI is InChI=1S/C10H15NO5/c12-7-6-8(13)11(10(7)16)5-3-1-2-4-9(14)15/h6,12-13,16H,1-5H2,(H,14,15). The number of hydrogen-bond acceptors (Lipinski definition) is 4. The molecule has 0 aliphatic heterocycles. The number of rotatable bonds is 6. The van der Waals surface area contributed by atoms with Crippen LogP contribution >= 0.6 is 0 Å². The van der Waals surface area contributed by atoms with Crippen molar-refractivity contribution in [2.75, 3.05) is 0 Å². The molecule has 0 unspecified atom stereocenters. The second-order valence-corrected chi connectivity index (χ2v) is 3.57. The van der Waals surface area contributed by atoms with Gasteiger partial charge in [-0.3, -0.25) is 9.36 Å². The fraction of sp³-hybridized carbons (Fsp3) is 0.500. The van der Waals surface area contributed by atoms with Crippen LogP contribution < -0.4 is 0 Å². The van der Waals surface area contributed by atoms with E-state index in [1.165, 1.54) is 4.57 Å². The van der Waals surface area contributed by atoms with E-state index in [9.17, 15) is 15.0 Å². The normalized spacial score (nSPS) is 10.5. The molecule has 6 nitrogen and oxygen atoms in total. The maximum Gasteiger partial charge on any atom is 0.303 e. The Bertz CT molecular complexity index is 372. The molecule has 6 heteroatoms. The maximum atomic E-state index is 10.2. The highest BCUT2D eigenvalue weighted by Crippen LogP contribution is 2.33. The first-order valence-electron chi connectivity index (χ1n) is 5.04. The molecule has 1 rings (SSSR count). The molecule has 0 spiro atoms. The Labute approximate surface area is 92.4 Å². The monoisotopic (exact) mass is 229 g/mol. The molecular formula is C10H15NO5. The van der Waals surface area contributed by atoms with Crippen molar-refractivity contribution in [3.63, 3.8) is 0 Å². The van der Waals surface area contributed by atoms with Crippen LogP contribution in [0.25, 0.3) is 0 Å². The molecule has 0 aliphatic carbocycles. The molecule has 0 aliphatic rings. The van der Waals surface area contributed by atoms with Crippen molar-refractivity contribution in [1.82, 2.24) is 4.57 Å².